The molecule has 0 aliphatic rings. The van der Waals surface area contributed by atoms with Gasteiger partial charge in [0.15, 0.2) is 0 Å². The van der Waals surface area contributed by atoms with Crippen molar-refractivity contribution in [3.8, 4) is 0 Å². The third-order valence-corrected chi connectivity index (χ3v) is 4.07. The van der Waals surface area contributed by atoms with Gasteiger partial charge < -0.3 is 15.6 Å². The Hall–Kier alpha value is -2.82. The molecule has 0 aliphatic heterocycles. The number of aromatic amines is 1. The quantitative estimate of drug-likeness (QED) is 0.652. The zero-order valence-corrected chi connectivity index (χ0v) is 14.0. The predicted octanol–water partition coefficient (Wildman–Crippen LogP) is 3.28. The van der Waals surface area contributed by atoms with E-state index in [9.17, 15) is 4.79 Å². The second-order valence-corrected chi connectivity index (χ2v) is 5.74. The van der Waals surface area contributed by atoms with Crippen LogP contribution in [-0.4, -0.2) is 29.0 Å². The van der Waals surface area contributed by atoms with Crippen LogP contribution in [0, 0.1) is 6.92 Å². The molecule has 0 atom stereocenters. The number of anilines is 1. The lowest BCUT2D eigenvalue weighted by Gasteiger charge is -2.07. The number of rotatable bonds is 6. The standard InChI is InChI=1S/C19H22N4O/c1-3-20-19(24)14-8-9-18(22-12-14)21-11-10-15-13(2)23-17-7-5-4-6-16(15)17/h4-9,12,23H,3,10-11H2,1-2H3,(H,20,24)(H,21,22). The first kappa shape index (κ1) is 16.1. The minimum Gasteiger partial charge on any atom is -0.370 e. The van der Waals surface area contributed by atoms with E-state index in [0.717, 1.165) is 18.8 Å². The van der Waals surface area contributed by atoms with Crippen molar-refractivity contribution in [1.29, 1.82) is 0 Å². The number of carbonyl (C=O) groups is 1. The van der Waals surface area contributed by atoms with Crippen molar-refractivity contribution in [2.75, 3.05) is 18.4 Å². The zero-order valence-electron chi connectivity index (χ0n) is 14.0. The van der Waals surface area contributed by atoms with E-state index < -0.39 is 0 Å². The Morgan fingerprint density at radius 3 is 2.79 bits per heavy atom. The number of aryl methyl sites for hydroxylation is 1. The SMILES string of the molecule is CCNC(=O)c1ccc(NCCc2c(C)[nH]c3ccccc23)nc1. The first-order valence-electron chi connectivity index (χ1n) is 8.23. The number of amides is 1. The third-order valence-electron chi connectivity index (χ3n) is 4.07. The summed E-state index contributed by atoms with van der Waals surface area (Å²) in [6.07, 6.45) is 2.51. The average Bonchev–Trinajstić information content (AvgIpc) is 2.91. The number of benzene rings is 1. The fraction of sp³-hybridized carbons (Fsp3) is 0.263. The number of nitrogens with one attached hydrogen (secondary N) is 3. The monoisotopic (exact) mass is 322 g/mol. The number of aromatic nitrogens is 2. The maximum Gasteiger partial charge on any atom is 0.252 e. The molecule has 1 aromatic carbocycles. The summed E-state index contributed by atoms with van der Waals surface area (Å²) >= 11 is 0. The highest BCUT2D eigenvalue weighted by atomic mass is 16.1. The van der Waals surface area contributed by atoms with Crippen LogP contribution in [0.4, 0.5) is 5.82 Å². The van der Waals surface area contributed by atoms with Crippen molar-refractivity contribution in [3.63, 3.8) is 0 Å². The summed E-state index contributed by atoms with van der Waals surface area (Å²) in [6, 6.07) is 12.0. The van der Waals surface area contributed by atoms with E-state index in [1.807, 2.05) is 19.1 Å². The lowest BCUT2D eigenvalue weighted by Crippen LogP contribution is -2.22. The lowest BCUT2D eigenvalue weighted by atomic mass is 10.1. The fourth-order valence-electron chi connectivity index (χ4n) is 2.87. The summed E-state index contributed by atoms with van der Waals surface area (Å²) in [4.78, 5) is 19.4. The molecule has 124 valence electrons. The van der Waals surface area contributed by atoms with Crippen molar-refractivity contribution in [2.24, 2.45) is 0 Å². The van der Waals surface area contributed by atoms with E-state index in [1.165, 1.54) is 22.2 Å². The normalized spacial score (nSPS) is 10.8. The topological polar surface area (TPSA) is 69.8 Å². The molecule has 0 radical (unpaired) electrons. The van der Waals surface area contributed by atoms with Crippen LogP contribution in [0.15, 0.2) is 42.6 Å². The molecule has 3 N–H and O–H groups in total. The highest BCUT2D eigenvalue weighted by molar-refractivity contribution is 5.94. The largest absolute Gasteiger partial charge is 0.370 e. The van der Waals surface area contributed by atoms with E-state index in [1.54, 1.807) is 12.3 Å². The van der Waals surface area contributed by atoms with Crippen LogP contribution < -0.4 is 10.6 Å². The molecule has 0 unspecified atom stereocenters. The van der Waals surface area contributed by atoms with E-state index in [2.05, 4.69) is 45.7 Å². The molecule has 5 heteroatoms. The smallest absolute Gasteiger partial charge is 0.252 e. The van der Waals surface area contributed by atoms with Crippen molar-refractivity contribution in [3.05, 3.63) is 59.4 Å². The molecule has 24 heavy (non-hydrogen) atoms. The Bertz CT molecular complexity index is 836. The summed E-state index contributed by atoms with van der Waals surface area (Å²) < 4.78 is 0. The molecule has 2 heterocycles. The summed E-state index contributed by atoms with van der Waals surface area (Å²) in [6.45, 7) is 5.40. The van der Waals surface area contributed by atoms with Crippen LogP contribution in [0.3, 0.4) is 0 Å². The number of carbonyl (C=O) groups excluding carboxylic acids is 1. The predicted molar refractivity (Wildman–Crippen MR) is 97.5 cm³/mol. The molecule has 2 aromatic heterocycles. The van der Waals surface area contributed by atoms with Gasteiger partial charge in [-0.15, -0.1) is 0 Å². The van der Waals surface area contributed by atoms with Crippen LogP contribution in [0.1, 0.15) is 28.5 Å². The van der Waals surface area contributed by atoms with Crippen molar-refractivity contribution in [1.82, 2.24) is 15.3 Å². The molecular formula is C19H22N4O. The highest BCUT2D eigenvalue weighted by Gasteiger charge is 2.08. The Kier molecular flexibility index (Phi) is 4.79. The average molecular weight is 322 g/mol. The molecule has 0 saturated heterocycles. The van der Waals surface area contributed by atoms with Gasteiger partial charge in [-0.2, -0.15) is 0 Å². The van der Waals surface area contributed by atoms with Gasteiger partial charge in [0.25, 0.3) is 5.91 Å². The number of hydrogen-bond acceptors (Lipinski definition) is 3. The number of hydrogen-bond donors (Lipinski definition) is 3. The van der Waals surface area contributed by atoms with Crippen LogP contribution in [0.5, 0.6) is 0 Å². The van der Waals surface area contributed by atoms with Crippen LogP contribution in [-0.2, 0) is 6.42 Å². The number of fused-ring (bicyclic) bond motifs is 1. The molecule has 3 rings (SSSR count). The summed E-state index contributed by atoms with van der Waals surface area (Å²) in [7, 11) is 0. The molecule has 0 fully saturated rings. The van der Waals surface area contributed by atoms with Crippen LogP contribution in [0.2, 0.25) is 0 Å². The summed E-state index contributed by atoms with van der Waals surface area (Å²) in [5.41, 5.74) is 4.29. The second-order valence-electron chi connectivity index (χ2n) is 5.74. The van der Waals surface area contributed by atoms with Crippen LogP contribution >= 0.6 is 0 Å². The molecular weight excluding hydrogens is 300 g/mol. The minimum atomic E-state index is -0.0917. The zero-order chi connectivity index (χ0) is 16.9. The van der Waals surface area contributed by atoms with Gasteiger partial charge in [-0.05, 0) is 44.0 Å². The molecule has 1 amide bonds. The van der Waals surface area contributed by atoms with E-state index in [-0.39, 0.29) is 5.91 Å². The Morgan fingerprint density at radius 1 is 1.21 bits per heavy atom. The Morgan fingerprint density at radius 2 is 2.04 bits per heavy atom. The van der Waals surface area contributed by atoms with Gasteiger partial charge in [0.2, 0.25) is 0 Å². The van der Waals surface area contributed by atoms with Crippen molar-refractivity contribution < 1.29 is 4.79 Å². The van der Waals surface area contributed by atoms with Crippen LogP contribution in [0.25, 0.3) is 10.9 Å². The molecule has 0 aliphatic carbocycles. The van der Waals surface area contributed by atoms with Crippen molar-refractivity contribution >= 4 is 22.6 Å². The Balaban J connectivity index is 1.62. The number of para-hydroxylation sites is 1. The molecule has 0 spiro atoms. The first-order chi connectivity index (χ1) is 11.7. The van der Waals surface area contributed by atoms with Gasteiger partial charge in [0.1, 0.15) is 5.82 Å². The van der Waals surface area contributed by atoms with Gasteiger partial charge in [-0.1, -0.05) is 18.2 Å². The molecule has 5 nitrogen and oxygen atoms in total. The molecule has 3 aromatic rings. The van der Waals surface area contributed by atoms with Crippen molar-refractivity contribution in [2.45, 2.75) is 20.3 Å². The van der Waals surface area contributed by atoms with Gasteiger partial charge in [-0.3, -0.25) is 4.79 Å². The van der Waals surface area contributed by atoms with E-state index >= 15 is 0 Å². The summed E-state index contributed by atoms with van der Waals surface area (Å²) in [5, 5.41) is 7.35. The molecule has 0 bridgehead atoms. The van der Waals surface area contributed by atoms with E-state index in [4.69, 9.17) is 0 Å². The summed E-state index contributed by atoms with van der Waals surface area (Å²) in [5.74, 6) is 0.687. The minimum absolute atomic E-state index is 0.0917. The van der Waals surface area contributed by atoms with E-state index in [0.29, 0.717) is 12.1 Å². The number of nitrogens with zero attached hydrogens (tertiary/aromatic N) is 1. The lowest BCUT2D eigenvalue weighted by molar-refractivity contribution is 0.0955. The second kappa shape index (κ2) is 7.17. The number of pyridine rings is 1. The fourth-order valence-corrected chi connectivity index (χ4v) is 2.87. The van der Waals surface area contributed by atoms with Gasteiger partial charge >= 0.3 is 0 Å². The maximum atomic E-state index is 11.7. The Labute approximate surface area is 141 Å². The maximum absolute atomic E-state index is 11.7. The van der Waals surface area contributed by atoms with Gasteiger partial charge in [-0.25, -0.2) is 4.98 Å². The first-order valence-corrected chi connectivity index (χ1v) is 8.23. The molecule has 0 saturated carbocycles. The highest BCUT2D eigenvalue weighted by Crippen LogP contribution is 2.22. The van der Waals surface area contributed by atoms with Gasteiger partial charge in [0.05, 0.1) is 5.56 Å². The van der Waals surface area contributed by atoms with Gasteiger partial charge in [0, 0.05) is 35.9 Å². The third kappa shape index (κ3) is 3.40. The number of H-pyrrole nitrogens is 1.